The van der Waals surface area contributed by atoms with Gasteiger partial charge in [0.15, 0.2) is 6.10 Å². The molecule has 0 N–H and O–H groups in total. The second kappa shape index (κ2) is 73.6. The Hall–Kier alpha value is -5.67. The summed E-state index contributed by atoms with van der Waals surface area (Å²) in [7, 11) is 1.13. The van der Waals surface area contributed by atoms with Gasteiger partial charge >= 0.3 is 11.9 Å². The van der Waals surface area contributed by atoms with E-state index in [1.54, 1.807) is 0 Å². The maximum atomic E-state index is 12.9. The number of unbranched alkanes of at least 4 members (excludes halogenated alkanes) is 16. The minimum absolute atomic E-state index is 0.0459. The molecule has 9 nitrogen and oxygen atoms in total. The van der Waals surface area contributed by atoms with E-state index in [4.69, 9.17) is 18.5 Å². The van der Waals surface area contributed by atoms with Gasteiger partial charge in [-0.25, -0.2) is 0 Å². The van der Waals surface area contributed by atoms with Gasteiger partial charge in [-0.1, -0.05) is 310 Å². The van der Waals surface area contributed by atoms with Gasteiger partial charge in [0.25, 0.3) is 7.82 Å². The van der Waals surface area contributed by atoms with Crippen molar-refractivity contribution in [3.8, 4) is 0 Å². The molecule has 0 radical (unpaired) electrons. The lowest BCUT2D eigenvalue weighted by molar-refractivity contribution is -0.870. The Morgan fingerprint density at radius 2 is 0.562 bits per heavy atom. The number of nitrogens with zero attached hydrogens (tertiary/aromatic N) is 1. The van der Waals surface area contributed by atoms with Gasteiger partial charge < -0.3 is 27.9 Å². The molecule has 0 aromatic rings. The highest BCUT2D eigenvalue weighted by molar-refractivity contribution is 7.45. The number of phosphoric ester groups is 1. The molecule has 0 rings (SSSR count). The smallest absolute Gasteiger partial charge is 0.306 e. The van der Waals surface area contributed by atoms with Gasteiger partial charge in [0.2, 0.25) is 0 Å². The summed E-state index contributed by atoms with van der Waals surface area (Å²) in [4.78, 5) is 38.1. The number of carbonyl (C=O) groups is 2. The molecule has 0 aromatic carbocycles. The van der Waals surface area contributed by atoms with Crippen molar-refractivity contribution in [2.45, 2.75) is 264 Å². The number of likely N-dealkylation sites (N-methyl/N-ethyl adjacent to an activating group) is 1. The minimum atomic E-state index is -4.67. The Morgan fingerprint density at radius 1 is 0.323 bits per heavy atom. The zero-order valence-electron chi connectivity index (χ0n) is 61.2. The maximum absolute atomic E-state index is 12.9. The molecule has 96 heavy (non-hydrogen) atoms. The molecule has 538 valence electrons. The van der Waals surface area contributed by atoms with Crippen LogP contribution in [0.1, 0.15) is 258 Å². The van der Waals surface area contributed by atoms with Crippen LogP contribution in [-0.4, -0.2) is 70.0 Å². The largest absolute Gasteiger partial charge is 0.756 e. The first-order chi connectivity index (χ1) is 47.0. The molecular weight excluding hydrogens is 1210 g/mol. The molecule has 2 atom stereocenters. The molecule has 10 heteroatoms. The van der Waals surface area contributed by atoms with Crippen molar-refractivity contribution in [3.63, 3.8) is 0 Å². The van der Waals surface area contributed by atoms with Crippen LogP contribution in [0.2, 0.25) is 0 Å². The van der Waals surface area contributed by atoms with Crippen molar-refractivity contribution >= 4 is 19.8 Å². The summed E-state index contributed by atoms with van der Waals surface area (Å²) in [6.07, 6.45) is 117. The van der Waals surface area contributed by atoms with Crippen molar-refractivity contribution in [2.24, 2.45) is 0 Å². The fourth-order valence-electron chi connectivity index (χ4n) is 9.35. The van der Waals surface area contributed by atoms with E-state index in [1.165, 1.54) is 51.4 Å². The van der Waals surface area contributed by atoms with E-state index >= 15 is 0 Å². The van der Waals surface area contributed by atoms with Crippen molar-refractivity contribution in [1.29, 1.82) is 0 Å². The Balaban J connectivity index is 4.16. The normalized spacial score (nSPS) is 14.4. The first-order valence-electron chi connectivity index (χ1n) is 37.4. The molecule has 0 aliphatic heterocycles. The summed E-state index contributed by atoms with van der Waals surface area (Å²) in [5.41, 5.74) is 0. The van der Waals surface area contributed by atoms with Gasteiger partial charge in [0.1, 0.15) is 19.8 Å². The summed E-state index contributed by atoms with van der Waals surface area (Å²) in [5, 5.41) is 0. The molecule has 0 aliphatic carbocycles. The molecule has 0 saturated carbocycles. The van der Waals surface area contributed by atoms with E-state index in [-0.39, 0.29) is 26.1 Å². The van der Waals surface area contributed by atoms with Gasteiger partial charge in [-0.15, -0.1) is 0 Å². The highest BCUT2D eigenvalue weighted by atomic mass is 31.2. The third-order valence-electron chi connectivity index (χ3n) is 15.0. The fourth-order valence-corrected chi connectivity index (χ4v) is 10.1. The van der Waals surface area contributed by atoms with E-state index in [0.29, 0.717) is 23.9 Å². The van der Waals surface area contributed by atoms with E-state index < -0.39 is 32.5 Å². The zero-order chi connectivity index (χ0) is 69.7. The van der Waals surface area contributed by atoms with Crippen LogP contribution < -0.4 is 4.89 Å². The van der Waals surface area contributed by atoms with Gasteiger partial charge in [-0.05, 0) is 154 Å². The first-order valence-corrected chi connectivity index (χ1v) is 38.9. The molecule has 2 unspecified atom stereocenters. The number of rotatable bonds is 66. The quantitative estimate of drug-likeness (QED) is 0.0195. The molecule has 0 saturated heterocycles. The van der Waals surface area contributed by atoms with E-state index in [0.717, 1.165) is 167 Å². The number of hydrogen-bond acceptors (Lipinski definition) is 8. The summed E-state index contributed by atoms with van der Waals surface area (Å²) >= 11 is 0. The SMILES string of the molecule is CC/C=C\C/C=C\C/C=C\C/C=C\C/C=C\C/C=C\C/C=C\C/C=C\C/C=C\C/C=C\CCCCCCCCCCC(=O)OC(COC(=O)CCCCCCCCCC/C=C\C/C=C\C/C=C\C/C=C\C/C=C\C/C=C\C/C=C\C/C=C\CC)COP(=O)([O-])OCC[N+](C)(C)C. The Labute approximate surface area is 588 Å². The third kappa shape index (κ3) is 77.3. The summed E-state index contributed by atoms with van der Waals surface area (Å²) in [5.74, 6) is -0.867. The summed E-state index contributed by atoms with van der Waals surface area (Å²) in [6, 6.07) is 0. The van der Waals surface area contributed by atoms with Crippen LogP contribution in [0, 0.1) is 0 Å². The van der Waals surface area contributed by atoms with Crippen LogP contribution in [0.5, 0.6) is 0 Å². The van der Waals surface area contributed by atoms with Crippen LogP contribution in [0.3, 0.4) is 0 Å². The van der Waals surface area contributed by atoms with Crippen LogP contribution in [0.15, 0.2) is 219 Å². The van der Waals surface area contributed by atoms with Crippen molar-refractivity contribution < 1.29 is 42.1 Å². The van der Waals surface area contributed by atoms with Crippen molar-refractivity contribution in [1.82, 2.24) is 0 Å². The van der Waals surface area contributed by atoms with Gasteiger partial charge in [0, 0.05) is 12.8 Å². The third-order valence-corrected chi connectivity index (χ3v) is 16.0. The Bertz CT molecular complexity index is 2430. The van der Waals surface area contributed by atoms with Gasteiger partial charge in [0.05, 0.1) is 27.7 Å². The summed E-state index contributed by atoms with van der Waals surface area (Å²) < 4.78 is 34.3. The van der Waals surface area contributed by atoms with Crippen molar-refractivity contribution in [3.05, 3.63) is 219 Å². The average molecular weight is 1340 g/mol. The summed E-state index contributed by atoms with van der Waals surface area (Å²) in [6.45, 7) is 3.97. The average Bonchev–Trinajstić information content (AvgIpc) is 1.98. The van der Waals surface area contributed by atoms with Crippen LogP contribution in [0.4, 0.5) is 0 Å². The maximum Gasteiger partial charge on any atom is 0.306 e. The molecule has 0 fully saturated rings. The van der Waals surface area contributed by atoms with Crippen LogP contribution in [-0.2, 0) is 32.7 Å². The number of allylic oxidation sites excluding steroid dienone is 36. The topological polar surface area (TPSA) is 111 Å². The highest BCUT2D eigenvalue weighted by Gasteiger charge is 2.22. The monoisotopic (exact) mass is 1340 g/mol. The van der Waals surface area contributed by atoms with Crippen LogP contribution >= 0.6 is 7.82 Å². The standard InChI is InChI=1S/C86H136NO8P/c1-6-8-10-12-14-16-18-20-22-24-26-28-30-32-34-36-38-40-41-42-43-44-45-47-49-51-53-55-57-59-61-63-65-67-69-71-73-75-77-79-86(89)95-84(83-94-96(90,91)93-81-80-87(3,4)5)82-92-85(88)78-76-74-72-70-68-66-64-62-60-58-56-54-52-50-48-46-39-37-35-33-31-29-27-25-23-21-19-17-15-13-11-9-7-2/h8-11,14-17,20-23,26-29,32-35,38-40,42-43,45-47,50-53,56-59,84H,6-7,12-13,18-19,24-25,30-31,36-37,41,44,48-49,54-55,60-83H2,1-5H3/b10-8-,11-9-,16-14-,17-15-,22-20-,23-21-,28-26-,29-27-,34-32-,35-33-,40-38-,43-42-,46-39-,47-45-,52-50-,53-51-,58-56-,59-57-. The second-order valence-corrected chi connectivity index (χ2v) is 26.6. The Morgan fingerprint density at radius 3 is 0.833 bits per heavy atom. The zero-order valence-corrected chi connectivity index (χ0v) is 62.1. The molecule has 0 aromatic heterocycles. The molecule has 0 aliphatic rings. The lowest BCUT2D eigenvalue weighted by atomic mass is 10.1. The Kier molecular flexibility index (Phi) is 69.2. The number of esters is 2. The van der Waals surface area contributed by atoms with E-state index in [2.05, 4.69) is 233 Å². The number of hydrogen-bond donors (Lipinski definition) is 0. The number of phosphoric acid groups is 1. The number of ether oxygens (including phenoxy) is 2. The van der Waals surface area contributed by atoms with Gasteiger partial charge in [-0.2, -0.15) is 0 Å². The molecule has 0 heterocycles. The van der Waals surface area contributed by atoms with E-state index in [9.17, 15) is 19.0 Å². The molecule has 0 bridgehead atoms. The molecular formula is C86H136NO8P. The van der Waals surface area contributed by atoms with Crippen molar-refractivity contribution in [2.75, 3.05) is 47.5 Å². The lowest BCUT2D eigenvalue weighted by Crippen LogP contribution is -2.37. The number of quaternary nitrogens is 1. The van der Waals surface area contributed by atoms with Crippen LogP contribution in [0.25, 0.3) is 0 Å². The minimum Gasteiger partial charge on any atom is -0.756 e. The second-order valence-electron chi connectivity index (χ2n) is 25.2. The fraction of sp³-hybridized carbons (Fsp3) is 0.558. The number of carbonyl (C=O) groups excluding carboxylic acids is 2. The van der Waals surface area contributed by atoms with E-state index in [1.807, 2.05) is 21.1 Å². The lowest BCUT2D eigenvalue weighted by Gasteiger charge is -2.28. The first kappa shape index (κ1) is 90.3. The molecule has 0 amide bonds. The van der Waals surface area contributed by atoms with Gasteiger partial charge in [-0.3, -0.25) is 14.2 Å². The highest BCUT2D eigenvalue weighted by Crippen LogP contribution is 2.38. The molecule has 0 spiro atoms. The predicted molar refractivity (Wildman–Crippen MR) is 415 cm³/mol. The predicted octanol–water partition coefficient (Wildman–Crippen LogP) is 24.5.